The number of hydrogen-bond acceptors (Lipinski definition) is 3. The third kappa shape index (κ3) is 3.61. The van der Waals surface area contributed by atoms with Crippen LogP contribution in [0.5, 0.6) is 0 Å². The second kappa shape index (κ2) is 3.97. The molecule has 0 saturated carbocycles. The van der Waals surface area contributed by atoms with E-state index in [0.29, 0.717) is 0 Å². The highest BCUT2D eigenvalue weighted by Crippen LogP contribution is 2.13. The summed E-state index contributed by atoms with van der Waals surface area (Å²) in [5.41, 5.74) is 0. The standard InChI is InChI=1S/C5H7F2NO3/c1-2-3-11-4-5(6,7)8(9)10/h2H,1,3-4H2. The molecular weight excluding hydrogens is 160 g/mol. The maximum atomic E-state index is 12.0. The molecule has 11 heavy (non-hydrogen) atoms. The Bertz CT molecular complexity index is 160. The predicted molar refractivity (Wildman–Crippen MR) is 33.0 cm³/mol. The predicted octanol–water partition coefficient (Wildman–Crippen LogP) is 1.06. The van der Waals surface area contributed by atoms with E-state index in [1.807, 2.05) is 0 Å². The molecule has 0 heterocycles. The molecule has 0 aliphatic carbocycles. The topological polar surface area (TPSA) is 52.4 Å². The zero-order chi connectivity index (χ0) is 8.91. The van der Waals surface area contributed by atoms with Crippen LogP contribution < -0.4 is 0 Å². The second-order valence-electron chi connectivity index (χ2n) is 1.73. The van der Waals surface area contributed by atoms with Crippen molar-refractivity contribution in [2.75, 3.05) is 13.2 Å². The van der Waals surface area contributed by atoms with Gasteiger partial charge in [-0.05, 0) is 0 Å². The van der Waals surface area contributed by atoms with Gasteiger partial charge in [0.15, 0.2) is 6.61 Å². The van der Waals surface area contributed by atoms with Crippen LogP contribution in [0.2, 0.25) is 0 Å². The summed E-state index contributed by atoms with van der Waals surface area (Å²) >= 11 is 0. The molecule has 0 atom stereocenters. The molecule has 0 amide bonds. The molecule has 0 fully saturated rings. The maximum absolute atomic E-state index is 12.0. The molecule has 0 aromatic heterocycles. The SMILES string of the molecule is C=CCOCC(F)(F)[N+](=O)[O-]. The third-order valence-corrected chi connectivity index (χ3v) is 0.779. The Balaban J connectivity index is 3.72. The Kier molecular flexibility index (Phi) is 3.59. The van der Waals surface area contributed by atoms with Crippen LogP contribution in [-0.4, -0.2) is 24.2 Å². The average Bonchev–Trinajstić information content (AvgIpc) is 1.88. The first-order chi connectivity index (χ1) is 5.00. The first-order valence-electron chi connectivity index (χ1n) is 2.71. The highest BCUT2D eigenvalue weighted by molar-refractivity contribution is 4.64. The van der Waals surface area contributed by atoms with Crippen LogP contribution in [0.1, 0.15) is 0 Å². The Morgan fingerprint density at radius 3 is 2.64 bits per heavy atom. The number of halogens is 2. The maximum Gasteiger partial charge on any atom is 0.534 e. The van der Waals surface area contributed by atoms with Crippen molar-refractivity contribution in [2.24, 2.45) is 0 Å². The summed E-state index contributed by atoms with van der Waals surface area (Å²) in [7, 11) is 0. The summed E-state index contributed by atoms with van der Waals surface area (Å²) in [5, 5.41) is 9.56. The van der Waals surface area contributed by atoms with Gasteiger partial charge in [-0.2, -0.15) is 0 Å². The highest BCUT2D eigenvalue weighted by atomic mass is 19.3. The molecule has 0 aliphatic heterocycles. The Morgan fingerprint density at radius 2 is 2.27 bits per heavy atom. The van der Waals surface area contributed by atoms with Crippen molar-refractivity contribution in [2.45, 2.75) is 6.05 Å². The molecule has 0 unspecified atom stereocenters. The van der Waals surface area contributed by atoms with Crippen molar-refractivity contribution in [3.05, 3.63) is 22.8 Å². The van der Waals surface area contributed by atoms with Gasteiger partial charge in [-0.3, -0.25) is 10.1 Å². The van der Waals surface area contributed by atoms with Crippen LogP contribution in [0.4, 0.5) is 8.78 Å². The molecule has 0 bridgehead atoms. The minimum atomic E-state index is -4.00. The monoisotopic (exact) mass is 167 g/mol. The first-order valence-corrected chi connectivity index (χ1v) is 2.71. The van der Waals surface area contributed by atoms with E-state index in [1.165, 1.54) is 6.08 Å². The Hall–Kier alpha value is -1.04. The first kappa shape index (κ1) is 9.96. The van der Waals surface area contributed by atoms with Gasteiger partial charge in [-0.1, -0.05) is 6.08 Å². The van der Waals surface area contributed by atoms with Crippen molar-refractivity contribution in [3.63, 3.8) is 0 Å². The van der Waals surface area contributed by atoms with Gasteiger partial charge in [0.05, 0.1) is 11.5 Å². The lowest BCUT2D eigenvalue weighted by atomic mass is 10.6. The number of ether oxygens (including phenoxy) is 1. The second-order valence-corrected chi connectivity index (χ2v) is 1.73. The lowest BCUT2D eigenvalue weighted by molar-refractivity contribution is -0.647. The molecule has 0 aromatic rings. The van der Waals surface area contributed by atoms with E-state index < -0.39 is 17.6 Å². The lowest BCUT2D eigenvalue weighted by Gasteiger charge is -2.05. The molecule has 0 radical (unpaired) electrons. The summed E-state index contributed by atoms with van der Waals surface area (Å²) in [6.45, 7) is 1.85. The van der Waals surface area contributed by atoms with E-state index in [-0.39, 0.29) is 6.61 Å². The van der Waals surface area contributed by atoms with Gasteiger partial charge in [0, 0.05) is 0 Å². The number of nitrogens with zero attached hydrogens (tertiary/aromatic N) is 1. The summed E-state index contributed by atoms with van der Waals surface area (Å²) < 4.78 is 28.2. The van der Waals surface area contributed by atoms with Crippen LogP contribution in [0.3, 0.4) is 0 Å². The normalized spacial score (nSPS) is 11.1. The summed E-state index contributed by atoms with van der Waals surface area (Å²) in [6, 6.07) is -4.00. The Morgan fingerprint density at radius 1 is 1.73 bits per heavy atom. The molecule has 64 valence electrons. The van der Waals surface area contributed by atoms with Crippen LogP contribution in [0.15, 0.2) is 12.7 Å². The minimum Gasteiger partial charge on any atom is -0.363 e. The van der Waals surface area contributed by atoms with Gasteiger partial charge >= 0.3 is 6.05 Å². The molecule has 0 spiro atoms. The van der Waals surface area contributed by atoms with E-state index in [1.54, 1.807) is 0 Å². The third-order valence-electron chi connectivity index (χ3n) is 0.779. The fourth-order valence-corrected chi connectivity index (χ4v) is 0.318. The van der Waals surface area contributed by atoms with E-state index >= 15 is 0 Å². The number of hydrogen-bond donors (Lipinski definition) is 0. The molecule has 4 nitrogen and oxygen atoms in total. The smallest absolute Gasteiger partial charge is 0.363 e. The quantitative estimate of drug-likeness (QED) is 0.202. The minimum absolute atomic E-state index is 0.122. The summed E-state index contributed by atoms with van der Waals surface area (Å²) in [4.78, 5) is 7.88. The zero-order valence-corrected chi connectivity index (χ0v) is 5.63. The molecule has 0 N–H and O–H groups in total. The largest absolute Gasteiger partial charge is 0.534 e. The fourth-order valence-electron chi connectivity index (χ4n) is 0.318. The molecule has 6 heteroatoms. The van der Waals surface area contributed by atoms with Crippen molar-refractivity contribution >= 4 is 0 Å². The molecule has 0 rings (SSSR count). The van der Waals surface area contributed by atoms with Crippen LogP contribution >= 0.6 is 0 Å². The Labute approximate surface area is 61.6 Å². The van der Waals surface area contributed by atoms with Gasteiger partial charge in [-0.15, -0.1) is 15.4 Å². The average molecular weight is 167 g/mol. The summed E-state index contributed by atoms with van der Waals surface area (Å²) in [5.74, 6) is 0. The molecule has 0 saturated heterocycles. The van der Waals surface area contributed by atoms with Crippen molar-refractivity contribution in [1.29, 1.82) is 0 Å². The van der Waals surface area contributed by atoms with Gasteiger partial charge < -0.3 is 4.74 Å². The van der Waals surface area contributed by atoms with Crippen LogP contribution in [0, 0.1) is 10.1 Å². The number of nitro groups is 1. The zero-order valence-electron chi connectivity index (χ0n) is 5.63. The fraction of sp³-hybridized carbons (Fsp3) is 0.600. The van der Waals surface area contributed by atoms with Gasteiger partial charge in [0.2, 0.25) is 0 Å². The van der Waals surface area contributed by atoms with Crippen LogP contribution in [0.25, 0.3) is 0 Å². The van der Waals surface area contributed by atoms with Crippen LogP contribution in [-0.2, 0) is 4.74 Å². The van der Waals surface area contributed by atoms with Crippen molar-refractivity contribution in [1.82, 2.24) is 0 Å². The highest BCUT2D eigenvalue weighted by Gasteiger charge is 2.43. The van der Waals surface area contributed by atoms with Gasteiger partial charge in [-0.25, -0.2) is 0 Å². The number of rotatable bonds is 5. The van der Waals surface area contributed by atoms with E-state index in [4.69, 9.17) is 0 Å². The van der Waals surface area contributed by atoms with E-state index in [2.05, 4.69) is 11.3 Å². The summed E-state index contributed by atoms with van der Waals surface area (Å²) in [6.07, 6.45) is 1.23. The van der Waals surface area contributed by atoms with Gasteiger partial charge in [0.1, 0.15) is 0 Å². The van der Waals surface area contributed by atoms with Gasteiger partial charge in [0.25, 0.3) is 0 Å². The van der Waals surface area contributed by atoms with E-state index in [9.17, 15) is 18.9 Å². The van der Waals surface area contributed by atoms with Crippen molar-refractivity contribution < 1.29 is 18.4 Å². The van der Waals surface area contributed by atoms with E-state index in [0.717, 1.165) is 0 Å². The van der Waals surface area contributed by atoms with Crippen molar-refractivity contribution in [3.8, 4) is 0 Å². The molecule has 0 aromatic carbocycles. The molecule has 0 aliphatic rings. The molecular formula is C5H7F2NO3. The number of alkyl halides is 2. The lowest BCUT2D eigenvalue weighted by Crippen LogP contribution is -2.33.